The van der Waals surface area contributed by atoms with Crippen LogP contribution in [0.25, 0.3) is 67.2 Å². The number of hydrogen-bond donors (Lipinski definition) is 0. The van der Waals surface area contributed by atoms with Gasteiger partial charge in [-0.2, -0.15) is 0 Å². The molecule has 0 bridgehead atoms. The third-order valence-electron chi connectivity index (χ3n) is 11.8. The molecule has 0 unspecified atom stereocenters. The number of fused-ring (bicyclic) bond motifs is 5. The highest BCUT2D eigenvalue weighted by atomic mass is 15.0. The van der Waals surface area contributed by atoms with E-state index in [0.29, 0.717) is 17.5 Å². The van der Waals surface area contributed by atoms with Gasteiger partial charge in [-0.05, 0) is 97.2 Å². The number of aromatic nitrogens is 3. The fourth-order valence-corrected chi connectivity index (χ4v) is 8.59. The van der Waals surface area contributed by atoms with E-state index in [9.17, 15) is 0 Å². The zero-order chi connectivity index (χ0) is 35.1. The van der Waals surface area contributed by atoms with E-state index >= 15 is 0 Å². The van der Waals surface area contributed by atoms with Gasteiger partial charge in [-0.15, -0.1) is 0 Å². The van der Waals surface area contributed by atoms with Crippen molar-refractivity contribution in [2.45, 2.75) is 70.6 Å². The highest BCUT2D eigenvalue weighted by Gasteiger charge is 2.38. The summed E-state index contributed by atoms with van der Waals surface area (Å²) < 4.78 is 0. The van der Waals surface area contributed by atoms with E-state index in [1.165, 1.54) is 56.3 Å². The quantitative estimate of drug-likeness (QED) is 0.188. The van der Waals surface area contributed by atoms with Crippen LogP contribution in [0, 0.1) is 0 Å². The Morgan fingerprint density at radius 3 is 1.63 bits per heavy atom. The summed E-state index contributed by atoms with van der Waals surface area (Å²) in [6.45, 7) is 14.2. The van der Waals surface area contributed by atoms with Gasteiger partial charge in [0, 0.05) is 22.1 Å². The normalized spacial score (nSPS) is 16.4. The summed E-state index contributed by atoms with van der Waals surface area (Å²) in [6.07, 6.45) is 2.33. The molecule has 0 fully saturated rings. The van der Waals surface area contributed by atoms with E-state index in [0.717, 1.165) is 28.5 Å². The van der Waals surface area contributed by atoms with E-state index in [-0.39, 0.29) is 16.2 Å². The molecule has 0 N–H and O–H groups in total. The second-order valence-electron chi connectivity index (χ2n) is 16.4. The van der Waals surface area contributed by atoms with Crippen LogP contribution < -0.4 is 0 Å². The maximum atomic E-state index is 5.27. The van der Waals surface area contributed by atoms with Crippen LogP contribution in [0.15, 0.2) is 127 Å². The van der Waals surface area contributed by atoms with Gasteiger partial charge in [-0.25, -0.2) is 15.0 Å². The summed E-state index contributed by atoms with van der Waals surface area (Å²) in [6, 6.07) is 46.1. The lowest BCUT2D eigenvalue weighted by Crippen LogP contribution is -2.33. The van der Waals surface area contributed by atoms with E-state index in [1.807, 2.05) is 0 Å². The lowest BCUT2D eigenvalue weighted by molar-refractivity contribution is 0.332. The molecule has 0 aliphatic heterocycles. The SMILES string of the molecule is CC1(C)CCC(C)(C)c2cc(-c3nc(-c4ccc5c(c4)C(C)(C)c4cc(-c6ccccc6)ccc4-5)nc(-c4cccc5ccccc45)n3)ccc21. The maximum Gasteiger partial charge on any atom is 0.164 e. The van der Waals surface area contributed by atoms with Crippen molar-refractivity contribution in [3.8, 4) is 56.4 Å². The highest BCUT2D eigenvalue weighted by Crippen LogP contribution is 2.51. The molecule has 0 atom stereocenters. The molecule has 3 nitrogen and oxygen atoms in total. The van der Waals surface area contributed by atoms with Crippen LogP contribution >= 0.6 is 0 Å². The van der Waals surface area contributed by atoms with Crippen molar-refractivity contribution >= 4 is 10.8 Å². The summed E-state index contributed by atoms with van der Waals surface area (Å²) >= 11 is 0. The monoisotopic (exact) mass is 661 g/mol. The van der Waals surface area contributed by atoms with Crippen molar-refractivity contribution in [3.63, 3.8) is 0 Å². The minimum Gasteiger partial charge on any atom is -0.208 e. The molecule has 1 heterocycles. The topological polar surface area (TPSA) is 38.7 Å². The Hall–Kier alpha value is -5.41. The number of rotatable bonds is 4. The van der Waals surface area contributed by atoms with Crippen molar-refractivity contribution in [2.75, 3.05) is 0 Å². The smallest absolute Gasteiger partial charge is 0.164 e. The molecule has 0 saturated carbocycles. The van der Waals surface area contributed by atoms with Crippen molar-refractivity contribution in [1.29, 1.82) is 0 Å². The third-order valence-corrected chi connectivity index (χ3v) is 11.8. The van der Waals surface area contributed by atoms with Gasteiger partial charge in [-0.1, -0.05) is 151 Å². The summed E-state index contributed by atoms with van der Waals surface area (Å²) in [7, 11) is 0. The Balaban J connectivity index is 1.21. The Morgan fingerprint density at radius 1 is 0.392 bits per heavy atom. The molecule has 51 heavy (non-hydrogen) atoms. The summed E-state index contributed by atoms with van der Waals surface area (Å²) in [5.41, 5.74) is 13.6. The third kappa shape index (κ3) is 5.13. The van der Waals surface area contributed by atoms with Gasteiger partial charge in [-0.3, -0.25) is 0 Å². The predicted octanol–water partition coefficient (Wildman–Crippen LogP) is 12.3. The lowest BCUT2D eigenvalue weighted by atomic mass is 9.63. The molecular formula is C48H43N3. The van der Waals surface area contributed by atoms with E-state index < -0.39 is 0 Å². The average Bonchev–Trinajstić information content (AvgIpc) is 3.38. The fraction of sp³-hybridized carbons (Fsp3) is 0.229. The van der Waals surface area contributed by atoms with Crippen LogP contribution in [0.1, 0.15) is 76.6 Å². The van der Waals surface area contributed by atoms with Crippen molar-refractivity contribution in [1.82, 2.24) is 15.0 Å². The Bertz CT molecular complexity index is 2500. The van der Waals surface area contributed by atoms with E-state index in [4.69, 9.17) is 15.0 Å². The van der Waals surface area contributed by atoms with Crippen molar-refractivity contribution < 1.29 is 0 Å². The number of benzene rings is 6. The molecule has 6 aromatic carbocycles. The minimum atomic E-state index is -0.184. The first-order chi connectivity index (χ1) is 24.5. The van der Waals surface area contributed by atoms with Gasteiger partial charge in [0.25, 0.3) is 0 Å². The highest BCUT2D eigenvalue weighted by molar-refractivity contribution is 5.95. The molecule has 0 amide bonds. The van der Waals surface area contributed by atoms with E-state index in [1.54, 1.807) is 0 Å². The fourth-order valence-electron chi connectivity index (χ4n) is 8.59. The molecule has 9 rings (SSSR count). The van der Waals surface area contributed by atoms with Crippen LogP contribution in [-0.2, 0) is 16.2 Å². The maximum absolute atomic E-state index is 5.27. The van der Waals surface area contributed by atoms with Crippen LogP contribution in [0.3, 0.4) is 0 Å². The van der Waals surface area contributed by atoms with Crippen LogP contribution in [-0.4, -0.2) is 15.0 Å². The second-order valence-corrected chi connectivity index (χ2v) is 16.4. The molecule has 2 aliphatic carbocycles. The first kappa shape index (κ1) is 31.6. The second kappa shape index (κ2) is 11.3. The van der Waals surface area contributed by atoms with Crippen LogP contribution in [0.2, 0.25) is 0 Å². The zero-order valence-electron chi connectivity index (χ0n) is 30.4. The van der Waals surface area contributed by atoms with Crippen LogP contribution in [0.4, 0.5) is 0 Å². The molecular weight excluding hydrogens is 619 g/mol. The summed E-state index contributed by atoms with van der Waals surface area (Å²) in [5, 5.41) is 2.30. The molecule has 0 saturated heterocycles. The summed E-state index contributed by atoms with van der Waals surface area (Å²) in [4.78, 5) is 15.7. The molecule has 7 aromatic rings. The molecule has 1 aromatic heterocycles. The van der Waals surface area contributed by atoms with Gasteiger partial charge >= 0.3 is 0 Å². The van der Waals surface area contributed by atoms with Gasteiger partial charge in [0.1, 0.15) is 0 Å². The molecule has 2 aliphatic rings. The first-order valence-electron chi connectivity index (χ1n) is 18.2. The van der Waals surface area contributed by atoms with E-state index in [2.05, 4.69) is 169 Å². The molecule has 3 heteroatoms. The molecule has 250 valence electrons. The van der Waals surface area contributed by atoms with Crippen molar-refractivity contribution in [3.05, 3.63) is 150 Å². The average molecular weight is 662 g/mol. The predicted molar refractivity (Wildman–Crippen MR) is 212 cm³/mol. The Labute approximate surface area is 301 Å². The van der Waals surface area contributed by atoms with Gasteiger partial charge < -0.3 is 0 Å². The Kier molecular flexibility index (Phi) is 6.99. The lowest BCUT2D eigenvalue weighted by Gasteiger charge is -2.42. The minimum absolute atomic E-state index is 0.0795. The standard InChI is InChI=1S/C48H43N3/c1-46(2)25-26-47(3,4)42-29-34(21-24-39(42)46)44-49-43(50-45(51-44)38-18-12-16-31-15-10-11-17-35(31)38)33-20-23-37-36-22-19-32(30-13-8-7-9-14-30)27-40(36)48(5,6)41(37)28-33/h7-24,27-29H,25-26H2,1-6H3. The largest absolute Gasteiger partial charge is 0.208 e. The van der Waals surface area contributed by atoms with Crippen molar-refractivity contribution in [2.24, 2.45) is 0 Å². The van der Waals surface area contributed by atoms with Gasteiger partial charge in [0.2, 0.25) is 0 Å². The van der Waals surface area contributed by atoms with Crippen LogP contribution in [0.5, 0.6) is 0 Å². The molecule has 0 radical (unpaired) electrons. The van der Waals surface area contributed by atoms with Gasteiger partial charge in [0.05, 0.1) is 0 Å². The first-order valence-corrected chi connectivity index (χ1v) is 18.2. The number of nitrogens with zero attached hydrogens (tertiary/aromatic N) is 3. The van der Waals surface area contributed by atoms with Gasteiger partial charge in [0.15, 0.2) is 17.5 Å². The summed E-state index contributed by atoms with van der Waals surface area (Å²) in [5.74, 6) is 2.10. The molecule has 0 spiro atoms. The zero-order valence-corrected chi connectivity index (χ0v) is 30.4. The number of hydrogen-bond acceptors (Lipinski definition) is 3. The Morgan fingerprint density at radius 2 is 0.922 bits per heavy atom.